The number of hydrogen-bond donors (Lipinski definition) is 2. The van der Waals surface area contributed by atoms with E-state index in [0.717, 1.165) is 11.3 Å². The van der Waals surface area contributed by atoms with Gasteiger partial charge in [0.2, 0.25) is 6.79 Å². The fraction of sp³-hybridized carbons (Fsp3) is 0.222. The van der Waals surface area contributed by atoms with Crippen LogP contribution in [0, 0.1) is 6.92 Å². The van der Waals surface area contributed by atoms with Crippen LogP contribution in [-0.4, -0.2) is 22.9 Å². The molecular formula is C18H17N3O4. The Bertz CT molecular complexity index is 928. The number of H-pyrrole nitrogens is 1. The number of furan rings is 1. The summed E-state index contributed by atoms with van der Waals surface area (Å²) in [5.74, 6) is 2.58. The van der Waals surface area contributed by atoms with E-state index in [0.29, 0.717) is 28.6 Å². The Morgan fingerprint density at radius 1 is 1.20 bits per heavy atom. The van der Waals surface area contributed by atoms with E-state index in [1.165, 1.54) is 0 Å². The van der Waals surface area contributed by atoms with Gasteiger partial charge in [0.05, 0.1) is 6.04 Å². The van der Waals surface area contributed by atoms with Gasteiger partial charge in [0.15, 0.2) is 23.0 Å². The maximum Gasteiger partial charge on any atom is 0.272 e. The number of amides is 1. The molecule has 0 saturated heterocycles. The number of aromatic nitrogens is 2. The molecule has 0 radical (unpaired) electrons. The zero-order valence-corrected chi connectivity index (χ0v) is 13.8. The molecule has 0 aliphatic carbocycles. The first-order chi connectivity index (χ1) is 12.1. The van der Waals surface area contributed by atoms with E-state index in [4.69, 9.17) is 13.9 Å². The first-order valence-electron chi connectivity index (χ1n) is 7.93. The standard InChI is InChI=1S/C18H17N3O4/c1-10-3-5-15(25-10)13-8-14(21-20-13)18(22)19-11(2)12-4-6-16-17(7-12)24-9-23-16/h3-8,11H,9H2,1-2H3,(H,19,22)(H,20,21). The van der Waals surface area contributed by atoms with Crippen molar-refractivity contribution < 1.29 is 18.7 Å². The number of ether oxygens (including phenoxy) is 2. The second-order valence-corrected chi connectivity index (χ2v) is 5.89. The van der Waals surface area contributed by atoms with Crippen molar-refractivity contribution in [1.82, 2.24) is 15.5 Å². The first-order valence-corrected chi connectivity index (χ1v) is 7.93. The minimum atomic E-state index is -0.268. The smallest absolute Gasteiger partial charge is 0.272 e. The minimum Gasteiger partial charge on any atom is -0.460 e. The Labute approximate surface area is 143 Å². The van der Waals surface area contributed by atoms with Gasteiger partial charge in [0, 0.05) is 6.07 Å². The monoisotopic (exact) mass is 339 g/mol. The quantitative estimate of drug-likeness (QED) is 0.762. The number of aryl methyl sites for hydroxylation is 1. The summed E-state index contributed by atoms with van der Waals surface area (Å²) in [4.78, 5) is 12.4. The van der Waals surface area contributed by atoms with Crippen LogP contribution in [0.15, 0.2) is 40.8 Å². The van der Waals surface area contributed by atoms with Crippen LogP contribution in [0.25, 0.3) is 11.5 Å². The second kappa shape index (κ2) is 6.01. The lowest BCUT2D eigenvalue weighted by atomic mass is 10.1. The van der Waals surface area contributed by atoms with Crippen molar-refractivity contribution in [3.63, 3.8) is 0 Å². The SMILES string of the molecule is Cc1ccc(-c2cc(C(=O)NC(C)c3ccc4c(c3)OCO4)n[nH]2)o1. The molecule has 1 amide bonds. The Balaban J connectivity index is 1.47. The molecule has 0 saturated carbocycles. The predicted molar refractivity (Wildman–Crippen MR) is 89.5 cm³/mol. The van der Waals surface area contributed by atoms with E-state index < -0.39 is 0 Å². The van der Waals surface area contributed by atoms with E-state index >= 15 is 0 Å². The molecule has 4 rings (SSSR count). The van der Waals surface area contributed by atoms with Crippen molar-refractivity contribution in [3.8, 4) is 23.0 Å². The van der Waals surface area contributed by atoms with E-state index in [2.05, 4.69) is 15.5 Å². The number of aromatic amines is 1. The van der Waals surface area contributed by atoms with Gasteiger partial charge >= 0.3 is 0 Å². The lowest BCUT2D eigenvalue weighted by Crippen LogP contribution is -2.26. The molecule has 25 heavy (non-hydrogen) atoms. The summed E-state index contributed by atoms with van der Waals surface area (Å²) in [6, 6.07) is 10.8. The van der Waals surface area contributed by atoms with Crippen LogP contribution < -0.4 is 14.8 Å². The maximum atomic E-state index is 12.4. The van der Waals surface area contributed by atoms with E-state index in [-0.39, 0.29) is 18.7 Å². The molecule has 1 aliphatic rings. The highest BCUT2D eigenvalue weighted by Crippen LogP contribution is 2.34. The Kier molecular flexibility index (Phi) is 3.68. The third kappa shape index (κ3) is 2.96. The van der Waals surface area contributed by atoms with E-state index in [1.54, 1.807) is 6.07 Å². The summed E-state index contributed by atoms with van der Waals surface area (Å²) in [5.41, 5.74) is 1.89. The van der Waals surface area contributed by atoms with Crippen LogP contribution in [0.3, 0.4) is 0 Å². The molecule has 1 atom stereocenters. The van der Waals surface area contributed by atoms with Crippen molar-refractivity contribution in [3.05, 3.63) is 53.4 Å². The van der Waals surface area contributed by atoms with Gasteiger partial charge in [-0.15, -0.1) is 0 Å². The van der Waals surface area contributed by atoms with Crippen LogP contribution in [0.1, 0.15) is 34.8 Å². The van der Waals surface area contributed by atoms with Gasteiger partial charge in [-0.05, 0) is 43.7 Å². The second-order valence-electron chi connectivity index (χ2n) is 5.89. The van der Waals surface area contributed by atoms with Gasteiger partial charge in [0.1, 0.15) is 11.5 Å². The number of nitrogens with zero attached hydrogens (tertiary/aromatic N) is 1. The number of carbonyl (C=O) groups is 1. The molecule has 0 fully saturated rings. The highest BCUT2D eigenvalue weighted by molar-refractivity contribution is 5.93. The molecule has 1 aromatic carbocycles. The summed E-state index contributed by atoms with van der Waals surface area (Å²) in [7, 11) is 0. The van der Waals surface area contributed by atoms with Crippen LogP contribution in [-0.2, 0) is 0 Å². The van der Waals surface area contributed by atoms with Crippen molar-refractivity contribution in [2.75, 3.05) is 6.79 Å². The van der Waals surface area contributed by atoms with Crippen molar-refractivity contribution >= 4 is 5.91 Å². The summed E-state index contributed by atoms with van der Waals surface area (Å²) in [6.45, 7) is 3.99. The molecule has 0 bridgehead atoms. The van der Waals surface area contributed by atoms with Crippen LogP contribution in [0.2, 0.25) is 0 Å². The largest absolute Gasteiger partial charge is 0.460 e. The summed E-state index contributed by atoms with van der Waals surface area (Å²) >= 11 is 0. The number of benzene rings is 1. The number of carbonyl (C=O) groups excluding carboxylic acids is 1. The first kappa shape index (κ1) is 15.3. The van der Waals surface area contributed by atoms with Gasteiger partial charge in [0.25, 0.3) is 5.91 Å². The number of rotatable bonds is 4. The average molecular weight is 339 g/mol. The Hall–Kier alpha value is -3.22. The van der Waals surface area contributed by atoms with Gasteiger partial charge in [-0.2, -0.15) is 5.10 Å². The zero-order valence-electron chi connectivity index (χ0n) is 13.8. The minimum absolute atomic E-state index is 0.201. The molecule has 7 heteroatoms. The molecule has 3 heterocycles. The topological polar surface area (TPSA) is 89.4 Å². The van der Waals surface area contributed by atoms with E-state index in [1.807, 2.05) is 44.2 Å². The highest BCUT2D eigenvalue weighted by Gasteiger charge is 2.19. The van der Waals surface area contributed by atoms with Crippen molar-refractivity contribution in [1.29, 1.82) is 0 Å². The summed E-state index contributed by atoms with van der Waals surface area (Å²) in [5, 5.41) is 9.81. The van der Waals surface area contributed by atoms with Crippen molar-refractivity contribution in [2.45, 2.75) is 19.9 Å². The summed E-state index contributed by atoms with van der Waals surface area (Å²) < 4.78 is 16.2. The zero-order chi connectivity index (χ0) is 17.4. The molecule has 128 valence electrons. The molecule has 7 nitrogen and oxygen atoms in total. The maximum absolute atomic E-state index is 12.4. The fourth-order valence-electron chi connectivity index (χ4n) is 2.68. The van der Waals surface area contributed by atoms with Gasteiger partial charge in [-0.25, -0.2) is 0 Å². The molecule has 2 aromatic heterocycles. The van der Waals surface area contributed by atoms with Crippen molar-refractivity contribution in [2.24, 2.45) is 0 Å². The molecule has 0 spiro atoms. The molecule has 1 unspecified atom stereocenters. The van der Waals surface area contributed by atoms with Gasteiger partial charge in [-0.3, -0.25) is 9.89 Å². The fourth-order valence-corrected chi connectivity index (χ4v) is 2.68. The van der Waals surface area contributed by atoms with Crippen LogP contribution in [0.4, 0.5) is 0 Å². The van der Waals surface area contributed by atoms with Gasteiger partial charge in [-0.1, -0.05) is 6.07 Å². The third-order valence-corrected chi connectivity index (χ3v) is 4.06. The molecule has 2 N–H and O–H groups in total. The normalized spacial score (nSPS) is 13.7. The molecule has 1 aliphatic heterocycles. The highest BCUT2D eigenvalue weighted by atomic mass is 16.7. The van der Waals surface area contributed by atoms with Gasteiger partial charge < -0.3 is 19.2 Å². The molecule has 3 aromatic rings. The third-order valence-electron chi connectivity index (χ3n) is 4.06. The van der Waals surface area contributed by atoms with Crippen LogP contribution >= 0.6 is 0 Å². The number of nitrogens with one attached hydrogen (secondary N) is 2. The summed E-state index contributed by atoms with van der Waals surface area (Å²) in [6.07, 6.45) is 0. The molecular weight excluding hydrogens is 322 g/mol. The predicted octanol–water partition coefficient (Wildman–Crippen LogP) is 3.20. The van der Waals surface area contributed by atoms with E-state index in [9.17, 15) is 4.79 Å². The lowest BCUT2D eigenvalue weighted by molar-refractivity contribution is 0.0934. The average Bonchev–Trinajstić information content (AvgIpc) is 3.33. The van der Waals surface area contributed by atoms with Crippen LogP contribution in [0.5, 0.6) is 11.5 Å². The Morgan fingerprint density at radius 2 is 2.04 bits per heavy atom. The number of hydrogen-bond acceptors (Lipinski definition) is 5. The Morgan fingerprint density at radius 3 is 2.84 bits per heavy atom. The number of fused-ring (bicyclic) bond motifs is 1. The lowest BCUT2D eigenvalue weighted by Gasteiger charge is -2.13.